The zero-order valence-electron chi connectivity index (χ0n) is 11.6. The van der Waals surface area contributed by atoms with Crippen LogP contribution in [-0.4, -0.2) is 19.6 Å². The molecule has 1 unspecified atom stereocenters. The third-order valence-electron chi connectivity index (χ3n) is 3.77. The Morgan fingerprint density at radius 3 is 2.70 bits per heavy atom. The molecule has 2 nitrogen and oxygen atoms in total. The van der Waals surface area contributed by atoms with Gasteiger partial charge in [0.1, 0.15) is 5.82 Å². The molecule has 2 aromatic carbocycles. The highest BCUT2D eigenvalue weighted by atomic mass is 19.1. The molecule has 20 heavy (non-hydrogen) atoms. The Bertz CT molecular complexity index is 563. The molecule has 3 rings (SSSR count). The molecular formula is C17H19FN2. The minimum Gasteiger partial charge on any atom is -0.368 e. The van der Waals surface area contributed by atoms with Crippen LogP contribution in [0.1, 0.15) is 17.2 Å². The second-order valence-electron chi connectivity index (χ2n) is 5.35. The van der Waals surface area contributed by atoms with E-state index in [0.717, 1.165) is 30.9 Å². The summed E-state index contributed by atoms with van der Waals surface area (Å²) in [5, 5.41) is 3.53. The lowest BCUT2D eigenvalue weighted by molar-refractivity contribution is 0.471. The van der Waals surface area contributed by atoms with Gasteiger partial charge in [0, 0.05) is 31.4 Å². The van der Waals surface area contributed by atoms with Crippen LogP contribution < -0.4 is 10.2 Å². The first-order chi connectivity index (χ1) is 9.72. The molecule has 1 saturated heterocycles. The van der Waals surface area contributed by atoms with Crippen molar-refractivity contribution in [3.63, 3.8) is 0 Å². The smallest absolute Gasteiger partial charge is 0.125 e. The summed E-state index contributed by atoms with van der Waals surface area (Å²) in [6, 6.07) is 16.0. The molecule has 0 aromatic heterocycles. The van der Waals surface area contributed by atoms with Crippen molar-refractivity contribution < 1.29 is 4.39 Å². The largest absolute Gasteiger partial charge is 0.368 e. The fraction of sp³-hybridized carbons (Fsp3) is 0.294. The number of halogens is 1. The van der Waals surface area contributed by atoms with Crippen LogP contribution in [0.15, 0.2) is 48.5 Å². The Hall–Kier alpha value is -1.87. The van der Waals surface area contributed by atoms with Crippen molar-refractivity contribution >= 4 is 5.69 Å². The Labute approximate surface area is 119 Å². The summed E-state index contributed by atoms with van der Waals surface area (Å²) in [4.78, 5) is 2.25. The summed E-state index contributed by atoms with van der Waals surface area (Å²) in [5.41, 5.74) is 3.23. The van der Waals surface area contributed by atoms with Crippen molar-refractivity contribution in [3.8, 4) is 0 Å². The highest BCUT2D eigenvalue weighted by molar-refractivity contribution is 5.50. The number of hydrogen-bond acceptors (Lipinski definition) is 2. The van der Waals surface area contributed by atoms with Gasteiger partial charge >= 0.3 is 0 Å². The van der Waals surface area contributed by atoms with Crippen LogP contribution in [0.4, 0.5) is 10.1 Å². The number of nitrogens with zero attached hydrogens (tertiary/aromatic N) is 1. The highest BCUT2D eigenvalue weighted by Gasteiger charge is 2.21. The molecule has 0 spiro atoms. The van der Waals surface area contributed by atoms with Crippen LogP contribution in [0.25, 0.3) is 0 Å². The van der Waals surface area contributed by atoms with Crippen LogP contribution in [0.5, 0.6) is 0 Å². The second kappa shape index (κ2) is 5.63. The lowest BCUT2D eigenvalue weighted by Crippen LogP contribution is -2.45. The van der Waals surface area contributed by atoms with E-state index in [1.54, 1.807) is 12.1 Å². The molecule has 104 valence electrons. The number of piperazine rings is 1. The van der Waals surface area contributed by atoms with E-state index in [1.807, 2.05) is 13.0 Å². The minimum absolute atomic E-state index is 0.158. The lowest BCUT2D eigenvalue weighted by Gasteiger charge is -2.35. The monoisotopic (exact) mass is 270 g/mol. The van der Waals surface area contributed by atoms with E-state index >= 15 is 0 Å². The summed E-state index contributed by atoms with van der Waals surface area (Å²) in [5.74, 6) is -0.158. The van der Waals surface area contributed by atoms with Crippen molar-refractivity contribution in [1.29, 1.82) is 0 Å². The van der Waals surface area contributed by atoms with Gasteiger partial charge in [-0.15, -0.1) is 0 Å². The number of benzene rings is 2. The first-order valence-electron chi connectivity index (χ1n) is 7.03. The van der Waals surface area contributed by atoms with Crippen LogP contribution in [0, 0.1) is 12.7 Å². The predicted molar refractivity (Wildman–Crippen MR) is 80.5 cm³/mol. The van der Waals surface area contributed by atoms with Crippen molar-refractivity contribution in [2.75, 3.05) is 24.5 Å². The van der Waals surface area contributed by atoms with Gasteiger partial charge in [-0.1, -0.05) is 30.3 Å². The van der Waals surface area contributed by atoms with Crippen LogP contribution in [0.2, 0.25) is 0 Å². The normalized spacial score (nSPS) is 19.1. The summed E-state index contributed by atoms with van der Waals surface area (Å²) in [6.45, 7) is 4.62. The van der Waals surface area contributed by atoms with Crippen LogP contribution >= 0.6 is 0 Å². The van der Waals surface area contributed by atoms with E-state index in [9.17, 15) is 4.39 Å². The molecule has 1 fully saturated rings. The second-order valence-corrected chi connectivity index (χ2v) is 5.35. The average molecular weight is 270 g/mol. The summed E-state index contributed by atoms with van der Waals surface area (Å²) >= 11 is 0. The quantitative estimate of drug-likeness (QED) is 0.901. The topological polar surface area (TPSA) is 15.3 Å². The molecule has 0 saturated carbocycles. The summed E-state index contributed by atoms with van der Waals surface area (Å²) in [6.07, 6.45) is 0. The van der Waals surface area contributed by atoms with Gasteiger partial charge in [-0.25, -0.2) is 4.39 Å². The van der Waals surface area contributed by atoms with E-state index in [-0.39, 0.29) is 5.82 Å². The van der Waals surface area contributed by atoms with Gasteiger partial charge in [0.15, 0.2) is 0 Å². The number of aryl methyl sites for hydroxylation is 1. The van der Waals surface area contributed by atoms with Gasteiger partial charge < -0.3 is 10.2 Å². The fourth-order valence-electron chi connectivity index (χ4n) is 2.79. The Kier molecular flexibility index (Phi) is 3.70. The number of nitrogens with one attached hydrogen (secondary N) is 1. The molecule has 0 aliphatic carbocycles. The minimum atomic E-state index is -0.158. The van der Waals surface area contributed by atoms with Gasteiger partial charge in [-0.05, 0) is 36.2 Å². The SMILES string of the molecule is Cc1cc(F)cc(N2CCNC(c3ccccc3)C2)c1. The summed E-state index contributed by atoms with van der Waals surface area (Å²) in [7, 11) is 0. The fourth-order valence-corrected chi connectivity index (χ4v) is 2.79. The number of anilines is 1. The Balaban J connectivity index is 1.81. The maximum absolute atomic E-state index is 13.6. The van der Waals surface area contributed by atoms with E-state index in [2.05, 4.69) is 40.5 Å². The maximum atomic E-state index is 13.6. The standard InChI is InChI=1S/C17H19FN2/c1-13-9-15(18)11-16(10-13)20-8-7-19-17(12-20)14-5-3-2-4-6-14/h2-6,9-11,17,19H,7-8,12H2,1H3. The van der Waals surface area contributed by atoms with Crippen LogP contribution in [-0.2, 0) is 0 Å². The first-order valence-corrected chi connectivity index (χ1v) is 7.03. The molecule has 3 heteroatoms. The van der Waals surface area contributed by atoms with Gasteiger partial charge in [-0.2, -0.15) is 0 Å². The van der Waals surface area contributed by atoms with E-state index in [0.29, 0.717) is 6.04 Å². The lowest BCUT2D eigenvalue weighted by atomic mass is 10.0. The number of hydrogen-bond donors (Lipinski definition) is 1. The van der Waals surface area contributed by atoms with Crippen molar-refractivity contribution in [2.45, 2.75) is 13.0 Å². The van der Waals surface area contributed by atoms with E-state index in [4.69, 9.17) is 0 Å². The van der Waals surface area contributed by atoms with Crippen molar-refractivity contribution in [1.82, 2.24) is 5.32 Å². The van der Waals surface area contributed by atoms with Crippen molar-refractivity contribution in [3.05, 3.63) is 65.5 Å². The average Bonchev–Trinajstić information content (AvgIpc) is 2.47. The molecule has 0 radical (unpaired) electrons. The third-order valence-corrected chi connectivity index (χ3v) is 3.77. The predicted octanol–water partition coefficient (Wildman–Crippen LogP) is 3.29. The molecular weight excluding hydrogens is 251 g/mol. The Morgan fingerprint density at radius 2 is 1.95 bits per heavy atom. The van der Waals surface area contributed by atoms with Gasteiger partial charge in [0.25, 0.3) is 0 Å². The Morgan fingerprint density at radius 1 is 1.15 bits per heavy atom. The molecule has 0 amide bonds. The van der Waals surface area contributed by atoms with Gasteiger partial charge in [0.05, 0.1) is 0 Å². The van der Waals surface area contributed by atoms with E-state index < -0.39 is 0 Å². The first kappa shape index (κ1) is 13.1. The summed E-state index contributed by atoms with van der Waals surface area (Å²) < 4.78 is 13.6. The van der Waals surface area contributed by atoms with Gasteiger partial charge in [0.2, 0.25) is 0 Å². The van der Waals surface area contributed by atoms with Crippen LogP contribution in [0.3, 0.4) is 0 Å². The molecule has 1 heterocycles. The molecule has 1 N–H and O–H groups in total. The zero-order chi connectivity index (χ0) is 13.9. The zero-order valence-corrected chi connectivity index (χ0v) is 11.6. The third kappa shape index (κ3) is 2.83. The molecule has 0 bridgehead atoms. The van der Waals surface area contributed by atoms with Crippen molar-refractivity contribution in [2.24, 2.45) is 0 Å². The maximum Gasteiger partial charge on any atom is 0.125 e. The van der Waals surface area contributed by atoms with Gasteiger partial charge in [-0.3, -0.25) is 0 Å². The molecule has 1 atom stereocenters. The molecule has 1 aliphatic rings. The highest BCUT2D eigenvalue weighted by Crippen LogP contribution is 2.24. The molecule has 1 aliphatic heterocycles. The van der Waals surface area contributed by atoms with E-state index in [1.165, 1.54) is 5.56 Å². The number of rotatable bonds is 2. The molecule has 2 aromatic rings.